The lowest BCUT2D eigenvalue weighted by Gasteiger charge is -2.19. The van der Waals surface area contributed by atoms with Gasteiger partial charge < -0.3 is 0 Å². The van der Waals surface area contributed by atoms with Crippen LogP contribution in [0.5, 0.6) is 0 Å². The second kappa shape index (κ2) is 7.24. The van der Waals surface area contributed by atoms with Crippen LogP contribution in [0.25, 0.3) is 6.08 Å². The van der Waals surface area contributed by atoms with Crippen LogP contribution in [0, 0.1) is 30.2 Å². The average Bonchev–Trinajstić information content (AvgIpc) is 2.58. The standard InChI is InChI=1S/C19H19BF4/c1-5-13-6-8-14(9-7-13)11(3)20-12(4)15-18(23)16(21)10(2)17(22)19(15)24/h5-9,11-12,20H,1H2,2-4H3. The van der Waals surface area contributed by atoms with Crippen LogP contribution in [0.3, 0.4) is 0 Å². The largest absolute Gasteiger partial charge is 0.203 e. The molecule has 0 N–H and O–H groups in total. The molecule has 0 aliphatic heterocycles. The molecular weight excluding hydrogens is 315 g/mol. The van der Waals surface area contributed by atoms with Crippen molar-refractivity contribution in [2.45, 2.75) is 32.4 Å². The first kappa shape index (κ1) is 18.3. The molecule has 0 bridgehead atoms. The number of rotatable bonds is 5. The van der Waals surface area contributed by atoms with Crippen molar-refractivity contribution in [2.75, 3.05) is 0 Å². The zero-order valence-electron chi connectivity index (χ0n) is 14.0. The van der Waals surface area contributed by atoms with Gasteiger partial charge in [-0.2, -0.15) is 0 Å². The van der Waals surface area contributed by atoms with Crippen molar-refractivity contribution in [3.05, 3.63) is 76.4 Å². The SMILES string of the molecule is C=Cc1ccc(C(C)BC(C)c2c(F)c(F)c(C)c(F)c2F)cc1. The molecule has 0 saturated carbocycles. The Morgan fingerprint density at radius 3 is 1.83 bits per heavy atom. The van der Waals surface area contributed by atoms with Crippen LogP contribution in [0.4, 0.5) is 17.6 Å². The number of hydrogen-bond donors (Lipinski definition) is 0. The first-order valence-electron chi connectivity index (χ1n) is 7.82. The zero-order chi connectivity index (χ0) is 18.0. The van der Waals surface area contributed by atoms with Gasteiger partial charge in [-0.3, -0.25) is 0 Å². The Bertz CT molecular complexity index is 724. The van der Waals surface area contributed by atoms with Gasteiger partial charge in [-0.25, -0.2) is 17.6 Å². The lowest BCUT2D eigenvalue weighted by atomic mass is 9.52. The Morgan fingerprint density at radius 1 is 0.875 bits per heavy atom. The predicted octanol–water partition coefficient (Wildman–Crippen LogP) is 5.45. The second-order valence-corrected chi connectivity index (χ2v) is 6.20. The minimum atomic E-state index is -1.32. The minimum Gasteiger partial charge on any atom is -0.203 e. The summed E-state index contributed by atoms with van der Waals surface area (Å²) >= 11 is 0. The molecule has 24 heavy (non-hydrogen) atoms. The quantitative estimate of drug-likeness (QED) is 0.387. The van der Waals surface area contributed by atoms with E-state index >= 15 is 0 Å². The van der Waals surface area contributed by atoms with Crippen molar-refractivity contribution in [2.24, 2.45) is 0 Å². The summed E-state index contributed by atoms with van der Waals surface area (Å²) in [6.45, 7) is 8.19. The smallest absolute Gasteiger partial charge is 0.165 e. The molecule has 0 nitrogen and oxygen atoms in total. The van der Waals surface area contributed by atoms with Gasteiger partial charge in [-0.15, -0.1) is 0 Å². The van der Waals surface area contributed by atoms with Gasteiger partial charge in [0.05, 0.1) is 0 Å². The van der Waals surface area contributed by atoms with Crippen molar-refractivity contribution in [3.8, 4) is 0 Å². The average molecular weight is 334 g/mol. The summed E-state index contributed by atoms with van der Waals surface area (Å²) < 4.78 is 55.7. The third kappa shape index (κ3) is 3.40. The first-order valence-corrected chi connectivity index (χ1v) is 7.82. The fraction of sp³-hybridized carbons (Fsp3) is 0.263. The second-order valence-electron chi connectivity index (χ2n) is 6.20. The fourth-order valence-corrected chi connectivity index (χ4v) is 2.94. The monoisotopic (exact) mass is 334 g/mol. The molecule has 2 atom stereocenters. The number of halogens is 4. The summed E-state index contributed by atoms with van der Waals surface area (Å²) in [5, 5.41) is 0. The van der Waals surface area contributed by atoms with Crippen LogP contribution in [0.1, 0.15) is 47.7 Å². The molecule has 2 aromatic rings. The Balaban J connectivity index is 2.29. The van der Waals surface area contributed by atoms with Gasteiger partial charge in [0.25, 0.3) is 0 Å². The maximum Gasteiger partial charge on any atom is 0.165 e. The molecule has 2 rings (SSSR count). The maximum absolute atomic E-state index is 14.1. The third-order valence-corrected chi connectivity index (χ3v) is 4.46. The van der Waals surface area contributed by atoms with Gasteiger partial charge in [0.15, 0.2) is 23.3 Å². The highest BCUT2D eigenvalue weighted by molar-refractivity contribution is 6.39. The minimum absolute atomic E-state index is 0.0231. The topological polar surface area (TPSA) is 0 Å². The van der Waals surface area contributed by atoms with Crippen molar-refractivity contribution < 1.29 is 17.6 Å². The third-order valence-electron chi connectivity index (χ3n) is 4.46. The van der Waals surface area contributed by atoms with Crippen molar-refractivity contribution >= 4 is 13.4 Å². The van der Waals surface area contributed by atoms with Crippen molar-refractivity contribution in [1.29, 1.82) is 0 Å². The van der Waals surface area contributed by atoms with Gasteiger partial charge in [0.1, 0.15) is 7.28 Å². The van der Waals surface area contributed by atoms with Crippen LogP contribution >= 0.6 is 0 Å². The van der Waals surface area contributed by atoms with Crippen molar-refractivity contribution in [1.82, 2.24) is 0 Å². The Labute approximate surface area is 140 Å². The molecule has 2 unspecified atom stereocenters. The van der Waals surface area contributed by atoms with E-state index in [0.717, 1.165) is 18.1 Å². The molecular formula is C19H19BF4. The molecule has 0 saturated heterocycles. The van der Waals surface area contributed by atoms with Crippen LogP contribution in [-0.2, 0) is 0 Å². The van der Waals surface area contributed by atoms with Gasteiger partial charge in [0, 0.05) is 11.1 Å². The maximum atomic E-state index is 14.1. The molecule has 126 valence electrons. The number of hydrogen-bond acceptors (Lipinski definition) is 0. The summed E-state index contributed by atoms with van der Waals surface area (Å²) in [6.07, 6.45) is 1.72. The van der Waals surface area contributed by atoms with Gasteiger partial charge in [0.2, 0.25) is 0 Å². The molecule has 0 aliphatic carbocycles. The van der Waals surface area contributed by atoms with E-state index in [1.54, 1.807) is 13.0 Å². The van der Waals surface area contributed by atoms with Gasteiger partial charge >= 0.3 is 0 Å². The molecule has 0 radical (unpaired) electrons. The summed E-state index contributed by atoms with van der Waals surface area (Å²) in [5.74, 6) is -5.92. The van der Waals surface area contributed by atoms with Crippen molar-refractivity contribution in [3.63, 3.8) is 0 Å². The molecule has 0 aromatic heterocycles. The summed E-state index contributed by atoms with van der Waals surface area (Å²) in [4.78, 5) is 0. The molecule has 0 spiro atoms. The lowest BCUT2D eigenvalue weighted by molar-refractivity contribution is 0.430. The van der Waals surface area contributed by atoms with E-state index in [2.05, 4.69) is 6.58 Å². The molecule has 0 heterocycles. The molecule has 0 fully saturated rings. The molecule has 0 amide bonds. The highest BCUT2D eigenvalue weighted by Gasteiger charge is 2.28. The predicted molar refractivity (Wildman–Crippen MR) is 91.5 cm³/mol. The van der Waals surface area contributed by atoms with Gasteiger partial charge in [-0.05, 0) is 24.1 Å². The van der Waals surface area contributed by atoms with Gasteiger partial charge in [-0.1, -0.05) is 56.3 Å². The van der Waals surface area contributed by atoms with E-state index in [1.165, 1.54) is 0 Å². The highest BCUT2D eigenvalue weighted by atomic mass is 19.2. The van der Waals surface area contributed by atoms with Crippen LogP contribution < -0.4 is 0 Å². The van der Waals surface area contributed by atoms with E-state index < -0.39 is 40.2 Å². The van der Waals surface area contributed by atoms with Crippen LogP contribution in [0.15, 0.2) is 30.8 Å². The molecule has 2 aromatic carbocycles. The van der Waals surface area contributed by atoms with E-state index in [4.69, 9.17) is 0 Å². The molecule has 0 aliphatic rings. The van der Waals surface area contributed by atoms with Crippen LogP contribution in [-0.4, -0.2) is 7.28 Å². The Hall–Kier alpha value is -2.04. The summed E-state index contributed by atoms with van der Waals surface area (Å²) in [7, 11) is 0.364. The highest BCUT2D eigenvalue weighted by Crippen LogP contribution is 2.31. The summed E-state index contributed by atoms with van der Waals surface area (Å²) in [5.41, 5.74) is 0.805. The summed E-state index contributed by atoms with van der Waals surface area (Å²) in [6, 6.07) is 7.63. The Kier molecular flexibility index (Phi) is 5.53. The fourth-order valence-electron chi connectivity index (χ4n) is 2.94. The Morgan fingerprint density at radius 2 is 1.38 bits per heavy atom. The number of benzene rings is 2. The first-order chi connectivity index (χ1) is 11.3. The lowest BCUT2D eigenvalue weighted by Crippen LogP contribution is -2.17. The van der Waals surface area contributed by atoms with Crippen LogP contribution in [0.2, 0.25) is 0 Å². The van der Waals surface area contributed by atoms with E-state index in [9.17, 15) is 17.6 Å². The van der Waals surface area contributed by atoms with E-state index in [-0.39, 0.29) is 5.82 Å². The zero-order valence-corrected chi connectivity index (χ0v) is 14.0. The van der Waals surface area contributed by atoms with E-state index in [1.807, 2.05) is 31.2 Å². The molecule has 5 heteroatoms. The normalized spacial score (nSPS) is 13.5. The van der Waals surface area contributed by atoms with E-state index in [0.29, 0.717) is 7.28 Å².